The molecule has 0 spiro atoms. The standard InChI is InChI=1S/C23H46N2O8.C12H25NO4/c1-28-13-15-32-19-17-30-11-7-3-5-9-22(26)24-21-25-23(27)10-6-4-8-12-31-18-20-33-16-14-29-2;1-13-12(14)6-4-3-5-7-16-10-11-17-9-8-15-2/h3-21H2,1-2H3,(H,24,26)(H,25,27);3-11H2,1-2H3,(H,13,14). The molecule has 0 unspecified atom stereocenters. The Balaban J connectivity index is 0. The minimum Gasteiger partial charge on any atom is -0.382 e. The Hall–Kier alpha value is -1.95. The van der Waals surface area contributed by atoms with Gasteiger partial charge in [0, 0.05) is 67.5 Å². The van der Waals surface area contributed by atoms with E-state index in [1.807, 2.05) is 0 Å². The molecule has 15 heteroatoms. The zero-order valence-electron chi connectivity index (χ0n) is 31.7. The summed E-state index contributed by atoms with van der Waals surface area (Å²) in [5, 5.41) is 8.05. The average Bonchev–Trinajstić information content (AvgIpc) is 3.12. The van der Waals surface area contributed by atoms with E-state index in [1.54, 1.807) is 28.4 Å². The van der Waals surface area contributed by atoms with Crippen molar-refractivity contribution in [3.05, 3.63) is 0 Å². The first-order valence-electron chi connectivity index (χ1n) is 18.2. The Morgan fingerprint density at radius 3 is 0.940 bits per heavy atom. The highest BCUT2D eigenvalue weighted by atomic mass is 16.6. The number of amides is 3. The molecular formula is C35H71N3O12. The molecule has 0 aliphatic carbocycles. The van der Waals surface area contributed by atoms with Gasteiger partial charge >= 0.3 is 0 Å². The lowest BCUT2D eigenvalue weighted by molar-refractivity contribution is -0.123. The van der Waals surface area contributed by atoms with E-state index < -0.39 is 0 Å². The molecule has 0 bridgehead atoms. The van der Waals surface area contributed by atoms with E-state index in [0.717, 1.165) is 64.4 Å². The Bertz CT molecular complexity index is 684. The molecule has 0 aliphatic rings. The Kier molecular flexibility index (Phi) is 45.2. The number of rotatable bonds is 38. The second-order valence-corrected chi connectivity index (χ2v) is 11.1. The van der Waals surface area contributed by atoms with Crippen LogP contribution in [-0.2, 0) is 57.0 Å². The normalized spacial score (nSPS) is 10.8. The smallest absolute Gasteiger partial charge is 0.221 e. The van der Waals surface area contributed by atoms with Crippen LogP contribution in [0.3, 0.4) is 0 Å². The highest BCUT2D eigenvalue weighted by Crippen LogP contribution is 2.02. The number of hydrogen-bond donors (Lipinski definition) is 3. The zero-order valence-corrected chi connectivity index (χ0v) is 31.7. The molecule has 0 radical (unpaired) electrons. The van der Waals surface area contributed by atoms with E-state index in [9.17, 15) is 14.4 Å². The summed E-state index contributed by atoms with van der Waals surface area (Å²) in [6, 6.07) is 0. The predicted molar refractivity (Wildman–Crippen MR) is 191 cm³/mol. The monoisotopic (exact) mass is 726 g/mol. The number of ether oxygens (including phenoxy) is 9. The van der Waals surface area contributed by atoms with Gasteiger partial charge in [0.1, 0.15) is 0 Å². The van der Waals surface area contributed by atoms with Gasteiger partial charge in [0.15, 0.2) is 0 Å². The molecule has 0 rings (SSSR count). The molecule has 298 valence electrons. The van der Waals surface area contributed by atoms with E-state index in [2.05, 4.69) is 16.0 Å². The van der Waals surface area contributed by atoms with Gasteiger partial charge in [-0.3, -0.25) is 14.4 Å². The van der Waals surface area contributed by atoms with Crippen molar-refractivity contribution in [1.82, 2.24) is 16.0 Å². The van der Waals surface area contributed by atoms with Crippen molar-refractivity contribution in [2.24, 2.45) is 0 Å². The van der Waals surface area contributed by atoms with Crippen LogP contribution in [-0.4, -0.2) is 152 Å². The van der Waals surface area contributed by atoms with E-state index in [-0.39, 0.29) is 24.4 Å². The summed E-state index contributed by atoms with van der Waals surface area (Å²) in [6.07, 6.45) is 9.73. The van der Waals surface area contributed by atoms with E-state index >= 15 is 0 Å². The quantitative estimate of drug-likeness (QED) is 0.0629. The SMILES string of the molecule is CNC(=O)CCCCCOCCOCCOC.COCCOCCOCCCCCC(=O)NCNC(=O)CCCCCOCCOCCOC. The highest BCUT2D eigenvalue weighted by Gasteiger charge is 2.04. The first kappa shape index (κ1) is 50.2. The van der Waals surface area contributed by atoms with Crippen molar-refractivity contribution in [2.45, 2.75) is 77.0 Å². The van der Waals surface area contributed by atoms with Crippen LogP contribution in [0.4, 0.5) is 0 Å². The summed E-state index contributed by atoms with van der Waals surface area (Å²) in [5.74, 6) is 0.00896. The fourth-order valence-corrected chi connectivity index (χ4v) is 3.94. The summed E-state index contributed by atoms with van der Waals surface area (Å²) < 4.78 is 46.8. The third-order valence-electron chi connectivity index (χ3n) is 6.84. The first-order chi connectivity index (χ1) is 24.5. The van der Waals surface area contributed by atoms with Crippen molar-refractivity contribution < 1.29 is 57.0 Å². The fourth-order valence-electron chi connectivity index (χ4n) is 3.94. The maximum absolute atomic E-state index is 11.8. The summed E-state index contributed by atoms with van der Waals surface area (Å²) >= 11 is 0. The molecule has 0 saturated carbocycles. The number of unbranched alkanes of at least 4 members (excludes halogenated alkanes) is 6. The van der Waals surface area contributed by atoms with Crippen molar-refractivity contribution in [1.29, 1.82) is 0 Å². The fraction of sp³-hybridized carbons (Fsp3) is 0.914. The molecule has 0 atom stereocenters. The molecule has 0 heterocycles. The van der Waals surface area contributed by atoms with Gasteiger partial charge in [0.25, 0.3) is 0 Å². The molecule has 3 amide bonds. The minimum atomic E-state index is -0.0499. The van der Waals surface area contributed by atoms with Crippen molar-refractivity contribution in [3.8, 4) is 0 Å². The van der Waals surface area contributed by atoms with Crippen molar-refractivity contribution in [2.75, 3.05) is 134 Å². The minimum absolute atomic E-state index is 0.0499. The molecule has 0 aliphatic heterocycles. The van der Waals surface area contributed by atoms with Crippen molar-refractivity contribution in [3.63, 3.8) is 0 Å². The second kappa shape index (κ2) is 45.1. The number of carbonyl (C=O) groups excluding carboxylic acids is 3. The van der Waals surface area contributed by atoms with Gasteiger partial charge in [0.05, 0.1) is 86.0 Å². The lowest BCUT2D eigenvalue weighted by Crippen LogP contribution is -2.37. The van der Waals surface area contributed by atoms with Gasteiger partial charge in [0.2, 0.25) is 17.7 Å². The molecule has 0 aromatic carbocycles. The Morgan fingerprint density at radius 2 is 0.640 bits per heavy atom. The molecular weight excluding hydrogens is 654 g/mol. The van der Waals surface area contributed by atoms with Gasteiger partial charge in [-0.2, -0.15) is 0 Å². The summed E-state index contributed by atoms with van der Waals surface area (Å²) in [6.45, 7) is 9.35. The summed E-state index contributed by atoms with van der Waals surface area (Å²) in [5.41, 5.74) is 0. The van der Waals surface area contributed by atoms with Crippen LogP contribution in [0.2, 0.25) is 0 Å². The van der Waals surface area contributed by atoms with Gasteiger partial charge in [-0.25, -0.2) is 0 Å². The molecule has 0 aromatic heterocycles. The first-order valence-corrected chi connectivity index (χ1v) is 18.2. The molecule has 0 fully saturated rings. The van der Waals surface area contributed by atoms with Crippen LogP contribution in [0, 0.1) is 0 Å². The van der Waals surface area contributed by atoms with E-state index in [1.165, 1.54) is 0 Å². The van der Waals surface area contributed by atoms with Gasteiger partial charge in [-0.05, 0) is 38.5 Å². The number of nitrogens with one attached hydrogen (secondary N) is 3. The Morgan fingerprint density at radius 1 is 0.360 bits per heavy atom. The van der Waals surface area contributed by atoms with Crippen LogP contribution in [0.15, 0.2) is 0 Å². The highest BCUT2D eigenvalue weighted by molar-refractivity contribution is 5.78. The van der Waals surface area contributed by atoms with Crippen molar-refractivity contribution >= 4 is 17.7 Å². The van der Waals surface area contributed by atoms with E-state index in [0.29, 0.717) is 112 Å². The number of hydrogen-bond acceptors (Lipinski definition) is 12. The van der Waals surface area contributed by atoms with Gasteiger partial charge < -0.3 is 58.6 Å². The second-order valence-electron chi connectivity index (χ2n) is 11.1. The molecule has 0 saturated heterocycles. The van der Waals surface area contributed by atoms with Gasteiger partial charge in [-0.1, -0.05) is 19.3 Å². The maximum Gasteiger partial charge on any atom is 0.221 e. The van der Waals surface area contributed by atoms with Crippen LogP contribution < -0.4 is 16.0 Å². The third kappa shape index (κ3) is 46.0. The molecule has 15 nitrogen and oxygen atoms in total. The predicted octanol–water partition coefficient (Wildman–Crippen LogP) is 2.63. The lowest BCUT2D eigenvalue weighted by atomic mass is 10.2. The van der Waals surface area contributed by atoms with Crippen LogP contribution in [0.5, 0.6) is 0 Å². The summed E-state index contributed by atoms with van der Waals surface area (Å²) in [4.78, 5) is 34.5. The number of methoxy groups -OCH3 is 3. The van der Waals surface area contributed by atoms with Crippen LogP contribution in [0.1, 0.15) is 77.0 Å². The largest absolute Gasteiger partial charge is 0.382 e. The Labute approximate surface area is 301 Å². The number of carbonyl (C=O) groups is 3. The third-order valence-corrected chi connectivity index (χ3v) is 6.84. The molecule has 3 N–H and O–H groups in total. The maximum atomic E-state index is 11.8. The van der Waals surface area contributed by atoms with Gasteiger partial charge in [-0.15, -0.1) is 0 Å². The summed E-state index contributed by atoms with van der Waals surface area (Å²) in [7, 11) is 6.60. The topological polar surface area (TPSA) is 170 Å². The molecule has 0 aromatic rings. The van der Waals surface area contributed by atoms with E-state index in [4.69, 9.17) is 42.6 Å². The van der Waals surface area contributed by atoms with Crippen LogP contribution in [0.25, 0.3) is 0 Å². The van der Waals surface area contributed by atoms with Crippen LogP contribution >= 0.6 is 0 Å². The lowest BCUT2D eigenvalue weighted by Gasteiger charge is -2.08. The zero-order chi connectivity index (χ0) is 37.0. The molecule has 50 heavy (non-hydrogen) atoms. The average molecular weight is 726 g/mol.